The van der Waals surface area contributed by atoms with Gasteiger partial charge in [-0.15, -0.1) is 24.0 Å². The van der Waals surface area contributed by atoms with Gasteiger partial charge in [-0.3, -0.25) is 4.99 Å². The number of benzene rings is 1. The number of anilines is 1. The van der Waals surface area contributed by atoms with Crippen molar-refractivity contribution in [2.45, 2.75) is 57.5 Å². The summed E-state index contributed by atoms with van der Waals surface area (Å²) in [5, 5.41) is 3.08. The fourth-order valence-electron chi connectivity index (χ4n) is 2.96. The standard InChI is InChI=1S/C19H31N3O2.HI/c1-23-18-12-8-9-16(15-18)22-19(20)21-13-6-3-7-14-24-17-10-4-2-5-11-17;/h8-9,12,15,17H,2-7,10-11,13-14H2,1H3,(H3,20,21,22);1H. The molecule has 1 fully saturated rings. The highest BCUT2D eigenvalue weighted by Gasteiger charge is 2.12. The van der Waals surface area contributed by atoms with Crippen molar-refractivity contribution < 1.29 is 9.47 Å². The van der Waals surface area contributed by atoms with Crippen LogP contribution in [0.1, 0.15) is 51.4 Å². The van der Waals surface area contributed by atoms with Gasteiger partial charge < -0.3 is 20.5 Å². The Kier molecular flexibility index (Phi) is 11.6. The van der Waals surface area contributed by atoms with Crippen LogP contribution < -0.4 is 15.8 Å². The molecule has 0 aromatic heterocycles. The Hall–Kier alpha value is -1.02. The lowest BCUT2D eigenvalue weighted by molar-refractivity contribution is 0.0264. The molecule has 0 amide bonds. The topological polar surface area (TPSA) is 68.9 Å². The number of rotatable bonds is 9. The van der Waals surface area contributed by atoms with E-state index in [1.54, 1.807) is 7.11 Å². The monoisotopic (exact) mass is 461 g/mol. The predicted octanol–water partition coefficient (Wildman–Crippen LogP) is 4.56. The fraction of sp³-hybridized carbons (Fsp3) is 0.632. The zero-order chi connectivity index (χ0) is 17.0. The third kappa shape index (κ3) is 9.30. The number of ether oxygens (including phenoxy) is 2. The van der Waals surface area contributed by atoms with E-state index < -0.39 is 0 Å². The van der Waals surface area contributed by atoms with Crippen LogP contribution in [0.4, 0.5) is 5.69 Å². The van der Waals surface area contributed by atoms with E-state index in [0.29, 0.717) is 12.1 Å². The molecule has 1 saturated carbocycles. The maximum atomic E-state index is 5.93. The summed E-state index contributed by atoms with van der Waals surface area (Å²) < 4.78 is 11.1. The molecular formula is C19H32IN3O2. The highest BCUT2D eigenvalue weighted by atomic mass is 127. The molecule has 6 heteroatoms. The van der Waals surface area contributed by atoms with E-state index in [1.807, 2.05) is 24.3 Å². The Morgan fingerprint density at radius 3 is 2.76 bits per heavy atom. The maximum Gasteiger partial charge on any atom is 0.193 e. The second-order valence-electron chi connectivity index (χ2n) is 6.32. The van der Waals surface area contributed by atoms with Gasteiger partial charge in [0.05, 0.1) is 13.2 Å². The van der Waals surface area contributed by atoms with Crippen LogP contribution in [0.2, 0.25) is 0 Å². The molecule has 0 aliphatic heterocycles. The minimum atomic E-state index is 0. The van der Waals surface area contributed by atoms with E-state index in [9.17, 15) is 0 Å². The molecule has 0 bridgehead atoms. The van der Waals surface area contributed by atoms with E-state index in [0.717, 1.165) is 43.9 Å². The molecule has 1 aliphatic rings. The molecule has 5 nitrogen and oxygen atoms in total. The van der Waals surface area contributed by atoms with E-state index in [2.05, 4.69) is 10.3 Å². The number of unbranched alkanes of at least 4 members (excludes halogenated alkanes) is 2. The summed E-state index contributed by atoms with van der Waals surface area (Å²) in [5.74, 6) is 1.24. The van der Waals surface area contributed by atoms with E-state index in [4.69, 9.17) is 15.2 Å². The first-order chi connectivity index (χ1) is 11.8. The van der Waals surface area contributed by atoms with Crippen molar-refractivity contribution in [3.63, 3.8) is 0 Å². The highest BCUT2D eigenvalue weighted by Crippen LogP contribution is 2.20. The van der Waals surface area contributed by atoms with E-state index >= 15 is 0 Å². The number of methoxy groups -OCH3 is 1. The number of aliphatic imine (C=N–C) groups is 1. The number of hydrogen-bond donors (Lipinski definition) is 2. The van der Waals surface area contributed by atoms with Crippen LogP contribution in [-0.2, 0) is 4.74 Å². The Morgan fingerprint density at radius 2 is 2.00 bits per heavy atom. The van der Waals surface area contributed by atoms with Crippen LogP contribution >= 0.6 is 24.0 Å². The number of halogens is 1. The van der Waals surface area contributed by atoms with Gasteiger partial charge in [0.15, 0.2) is 5.96 Å². The zero-order valence-electron chi connectivity index (χ0n) is 15.2. The van der Waals surface area contributed by atoms with Gasteiger partial charge in [-0.1, -0.05) is 25.3 Å². The molecule has 0 radical (unpaired) electrons. The Balaban J connectivity index is 0.00000312. The van der Waals surface area contributed by atoms with Gasteiger partial charge in [0.2, 0.25) is 0 Å². The second-order valence-corrected chi connectivity index (χ2v) is 6.32. The smallest absolute Gasteiger partial charge is 0.193 e. The Labute approximate surface area is 168 Å². The number of hydrogen-bond acceptors (Lipinski definition) is 3. The zero-order valence-corrected chi connectivity index (χ0v) is 17.5. The first-order valence-electron chi connectivity index (χ1n) is 9.10. The van der Waals surface area contributed by atoms with Crippen LogP contribution in [-0.4, -0.2) is 32.3 Å². The highest BCUT2D eigenvalue weighted by molar-refractivity contribution is 14.0. The summed E-state index contributed by atoms with van der Waals surface area (Å²) in [6, 6.07) is 7.65. The summed E-state index contributed by atoms with van der Waals surface area (Å²) in [4.78, 5) is 4.36. The largest absolute Gasteiger partial charge is 0.497 e. The predicted molar refractivity (Wildman–Crippen MR) is 115 cm³/mol. The van der Waals surface area contributed by atoms with Crippen molar-refractivity contribution in [2.24, 2.45) is 10.7 Å². The normalized spacial score (nSPS) is 15.5. The first kappa shape index (κ1) is 22.0. The van der Waals surface area contributed by atoms with E-state index in [-0.39, 0.29) is 24.0 Å². The Morgan fingerprint density at radius 1 is 1.20 bits per heavy atom. The molecular weight excluding hydrogens is 429 g/mol. The molecule has 2 rings (SSSR count). The van der Waals surface area contributed by atoms with Crippen molar-refractivity contribution in [1.29, 1.82) is 0 Å². The van der Waals surface area contributed by atoms with E-state index in [1.165, 1.54) is 32.1 Å². The van der Waals surface area contributed by atoms with Gasteiger partial charge in [-0.2, -0.15) is 0 Å². The SMILES string of the molecule is COc1cccc(NC(N)=NCCCCCOC2CCCCC2)c1.I. The van der Waals surface area contributed by atoms with Crippen molar-refractivity contribution in [3.8, 4) is 5.75 Å². The van der Waals surface area contributed by atoms with Crippen LogP contribution in [0.25, 0.3) is 0 Å². The van der Waals surface area contributed by atoms with Crippen LogP contribution in [0.15, 0.2) is 29.3 Å². The van der Waals surface area contributed by atoms with Crippen molar-refractivity contribution >= 4 is 35.6 Å². The lowest BCUT2D eigenvalue weighted by atomic mass is 9.98. The molecule has 0 unspecified atom stereocenters. The summed E-state index contributed by atoms with van der Waals surface area (Å²) in [6.07, 6.45) is 10.3. The third-order valence-electron chi connectivity index (χ3n) is 4.33. The molecule has 0 heterocycles. The van der Waals surface area contributed by atoms with Gasteiger partial charge in [0.1, 0.15) is 5.75 Å². The maximum absolute atomic E-state index is 5.93. The summed E-state index contributed by atoms with van der Waals surface area (Å²) in [5.41, 5.74) is 6.79. The lowest BCUT2D eigenvalue weighted by Gasteiger charge is -2.21. The summed E-state index contributed by atoms with van der Waals surface area (Å²) in [6.45, 7) is 1.62. The van der Waals surface area contributed by atoms with Crippen molar-refractivity contribution in [1.82, 2.24) is 0 Å². The Bertz CT molecular complexity index is 505. The molecule has 25 heavy (non-hydrogen) atoms. The molecule has 1 aliphatic carbocycles. The average molecular weight is 461 g/mol. The molecule has 1 aromatic rings. The van der Waals surface area contributed by atoms with Gasteiger partial charge in [-0.05, 0) is 44.2 Å². The number of guanidine groups is 1. The fourth-order valence-corrected chi connectivity index (χ4v) is 2.96. The molecule has 3 N–H and O–H groups in total. The number of nitrogens with one attached hydrogen (secondary N) is 1. The van der Waals surface area contributed by atoms with Crippen molar-refractivity contribution in [2.75, 3.05) is 25.6 Å². The second kappa shape index (κ2) is 13.2. The first-order valence-corrected chi connectivity index (χ1v) is 9.10. The quantitative estimate of drug-likeness (QED) is 0.245. The van der Waals surface area contributed by atoms with Gasteiger partial charge in [0, 0.05) is 24.9 Å². The minimum absolute atomic E-state index is 0. The lowest BCUT2D eigenvalue weighted by Crippen LogP contribution is -2.22. The summed E-state index contributed by atoms with van der Waals surface area (Å²) >= 11 is 0. The molecule has 0 atom stereocenters. The molecule has 142 valence electrons. The molecule has 1 aromatic carbocycles. The minimum Gasteiger partial charge on any atom is -0.497 e. The summed E-state index contributed by atoms with van der Waals surface area (Å²) in [7, 11) is 1.65. The third-order valence-corrected chi connectivity index (χ3v) is 4.33. The van der Waals surface area contributed by atoms with Crippen LogP contribution in [0.5, 0.6) is 5.75 Å². The van der Waals surface area contributed by atoms with Crippen molar-refractivity contribution in [3.05, 3.63) is 24.3 Å². The molecule has 0 saturated heterocycles. The van der Waals surface area contributed by atoms with Gasteiger partial charge in [0.25, 0.3) is 0 Å². The van der Waals surface area contributed by atoms with Crippen LogP contribution in [0, 0.1) is 0 Å². The average Bonchev–Trinajstić information content (AvgIpc) is 2.62. The number of nitrogens with zero attached hydrogens (tertiary/aromatic N) is 1. The van der Waals surface area contributed by atoms with Crippen LogP contribution in [0.3, 0.4) is 0 Å². The van der Waals surface area contributed by atoms with Gasteiger partial charge in [-0.25, -0.2) is 0 Å². The molecule has 0 spiro atoms. The van der Waals surface area contributed by atoms with Gasteiger partial charge >= 0.3 is 0 Å². The number of nitrogens with two attached hydrogens (primary N) is 1.